The highest BCUT2D eigenvalue weighted by molar-refractivity contribution is 5.97. The van der Waals surface area contributed by atoms with Crippen LogP contribution < -0.4 is 20.0 Å². The molecule has 0 radical (unpaired) electrons. The third-order valence-electron chi connectivity index (χ3n) is 25.8. The van der Waals surface area contributed by atoms with E-state index in [9.17, 15) is 0 Å². The van der Waals surface area contributed by atoms with Crippen molar-refractivity contribution in [2.75, 3.05) is 46.4 Å². The molecule has 19 rings (SSSR count). The molecule has 672 valence electrons. The van der Waals surface area contributed by atoms with Gasteiger partial charge in [-0.2, -0.15) is 0 Å². The number of rotatable bonds is 40. The number of hydrogen-bond donors (Lipinski definition) is 1. The Morgan fingerprint density at radius 2 is 0.460 bits per heavy atom. The minimum atomic E-state index is 0.568. The predicted octanol–water partition coefficient (Wildman–Crippen LogP) is 34.9. The van der Waals surface area contributed by atoms with Crippen molar-refractivity contribution in [2.24, 2.45) is 0 Å². The topological polar surface area (TPSA) is 58.7 Å². The Labute approximate surface area is 807 Å². The van der Waals surface area contributed by atoms with Gasteiger partial charge in [0.25, 0.3) is 0 Å². The number of para-hydroxylation sites is 4. The zero-order valence-corrected chi connectivity index (χ0v) is 77.5. The quantitative estimate of drug-likeness (QED) is 0.0381. The maximum atomic E-state index is 6.11. The highest BCUT2D eigenvalue weighted by Gasteiger charge is 2.24. The van der Waals surface area contributed by atoms with Crippen LogP contribution in [-0.4, -0.2) is 26.4 Å². The van der Waals surface area contributed by atoms with Crippen molar-refractivity contribution in [2.45, 2.75) is 71.4 Å². The second-order valence-electron chi connectivity index (χ2n) is 35.0. The molecule has 0 atom stereocenters. The van der Waals surface area contributed by atoms with Gasteiger partial charge in [-0.05, 0) is 300 Å². The second-order valence-corrected chi connectivity index (χ2v) is 35.0. The Kier molecular flexibility index (Phi) is 29.6. The van der Waals surface area contributed by atoms with E-state index in [1.165, 1.54) is 83.5 Å². The summed E-state index contributed by atoms with van der Waals surface area (Å²) in [5, 5.41) is 3.87. The molecule has 1 aliphatic rings. The summed E-state index contributed by atoms with van der Waals surface area (Å²) < 4.78 is 24.0. The monoisotopic (exact) mass is 1780 g/mol. The van der Waals surface area contributed by atoms with Crippen LogP contribution in [0.4, 0.5) is 62.6 Å². The molecule has 0 unspecified atom stereocenters. The van der Waals surface area contributed by atoms with E-state index in [0.717, 1.165) is 158 Å². The number of hydrogen-bond acceptors (Lipinski definition) is 8. The van der Waals surface area contributed by atoms with Crippen molar-refractivity contribution in [1.82, 2.24) is 0 Å². The summed E-state index contributed by atoms with van der Waals surface area (Å²) in [5.41, 5.74) is 40.4. The highest BCUT2D eigenvalue weighted by atomic mass is 16.5. The van der Waals surface area contributed by atoms with Crippen molar-refractivity contribution >= 4 is 85.9 Å². The molecule has 137 heavy (non-hydrogen) atoms. The first-order valence-electron chi connectivity index (χ1n) is 47.9. The molecule has 0 amide bonds. The predicted molar refractivity (Wildman–Crippen MR) is 576 cm³/mol. The molecule has 1 N–H and O–H groups in total. The van der Waals surface area contributed by atoms with Crippen molar-refractivity contribution in [3.8, 4) is 77.9 Å². The summed E-state index contributed by atoms with van der Waals surface area (Å²) in [5.74, 6) is 0. The smallest absolute Gasteiger partial charge is 0.0716 e. The fraction of sp³-hybridized carbons (Fsp3) is 0.116. The molecular weight excluding hydrogens is 1670 g/mol. The van der Waals surface area contributed by atoms with Crippen molar-refractivity contribution in [1.29, 1.82) is 0 Å². The van der Waals surface area contributed by atoms with Gasteiger partial charge >= 0.3 is 0 Å². The summed E-state index contributed by atoms with van der Waals surface area (Å²) in [7, 11) is 0. The minimum Gasteiger partial charge on any atom is -0.377 e. The Balaban J connectivity index is 0.478. The number of anilines is 11. The molecule has 8 nitrogen and oxygen atoms in total. The lowest BCUT2D eigenvalue weighted by Gasteiger charge is -2.26. The van der Waals surface area contributed by atoms with Gasteiger partial charge in [0.05, 0.1) is 26.4 Å². The van der Waals surface area contributed by atoms with E-state index >= 15 is 0 Å². The van der Waals surface area contributed by atoms with Gasteiger partial charge < -0.3 is 39.0 Å². The molecule has 0 bridgehead atoms. The Bertz CT molecular complexity index is 6980. The fourth-order valence-corrected chi connectivity index (χ4v) is 18.3. The zero-order chi connectivity index (χ0) is 92.5. The van der Waals surface area contributed by atoms with E-state index < -0.39 is 0 Å². The van der Waals surface area contributed by atoms with Crippen molar-refractivity contribution in [3.05, 3.63) is 513 Å². The van der Waals surface area contributed by atoms with Crippen LogP contribution in [0, 0.1) is 0 Å². The molecule has 0 heterocycles. The Morgan fingerprint density at radius 3 is 0.766 bits per heavy atom. The van der Waals surface area contributed by atoms with E-state index in [1.807, 2.05) is 12.2 Å². The number of unbranched alkanes of at least 4 members (excludes halogenated alkanes) is 2. The largest absolute Gasteiger partial charge is 0.377 e. The molecule has 0 saturated heterocycles. The van der Waals surface area contributed by atoms with Crippen LogP contribution in [0.1, 0.15) is 89.5 Å². The first-order valence-corrected chi connectivity index (χ1v) is 47.9. The number of benzene rings is 18. The second kappa shape index (κ2) is 44.8. The molecule has 1 aliphatic carbocycles. The Hall–Kier alpha value is -15.8. The molecule has 0 saturated carbocycles. The number of nitrogens with zero attached hydrogens (tertiary/aromatic N) is 3. The van der Waals surface area contributed by atoms with E-state index in [0.29, 0.717) is 52.9 Å². The van der Waals surface area contributed by atoms with Crippen LogP contribution in [0.2, 0.25) is 0 Å². The minimum absolute atomic E-state index is 0.568. The molecule has 0 aromatic heterocycles. The molecule has 0 spiro atoms. The van der Waals surface area contributed by atoms with Crippen molar-refractivity contribution in [3.63, 3.8) is 0 Å². The molecule has 0 aliphatic heterocycles. The van der Waals surface area contributed by atoms with E-state index in [-0.39, 0.29) is 0 Å². The van der Waals surface area contributed by atoms with Gasteiger partial charge in [-0.15, -0.1) is 0 Å². The lowest BCUT2D eigenvalue weighted by molar-refractivity contribution is 0.0898. The van der Waals surface area contributed by atoms with Crippen molar-refractivity contribution < 1.29 is 18.9 Å². The average Bonchev–Trinajstić information content (AvgIpc) is 1.77. The van der Waals surface area contributed by atoms with Gasteiger partial charge in [-0.3, -0.25) is 0 Å². The first-order chi connectivity index (χ1) is 67.8. The lowest BCUT2D eigenvalue weighted by Crippen LogP contribution is -2.10. The highest BCUT2D eigenvalue weighted by Crippen LogP contribution is 2.47. The van der Waals surface area contributed by atoms with E-state index in [4.69, 9.17) is 18.9 Å². The van der Waals surface area contributed by atoms with Crippen LogP contribution in [0.15, 0.2) is 468 Å². The third-order valence-corrected chi connectivity index (χ3v) is 25.8. The van der Waals surface area contributed by atoms with Gasteiger partial charge in [0.15, 0.2) is 0 Å². The number of nitrogens with one attached hydrogen (secondary N) is 1. The summed E-state index contributed by atoms with van der Waals surface area (Å²) in [4.78, 5) is 7.00. The zero-order valence-electron chi connectivity index (χ0n) is 77.5. The van der Waals surface area contributed by atoms with Gasteiger partial charge in [0.1, 0.15) is 0 Å². The van der Waals surface area contributed by atoms with Crippen LogP contribution >= 0.6 is 0 Å². The molecule has 8 heteroatoms. The molecule has 0 fully saturated rings. The standard InChI is InChI=1S/C129H112N4O4/c1-3-95-35-39-97(40-36-95)91-134-85-17-19-87-136-93-99-43-74-120(75-44-99)131(117-26-11-6-12-27-117)122-78-67-110(68-79-122)106-57-51-102(52-58-106)101-47-49-105(50-48-101)109-63-65-113(66-64-109)128-84-73-115(90-129(128)130-116-24-9-5-10-25-116)127-34-22-33-126(127)114-23-21-32-125(89-114)133(119-30-15-8-16-31-119)124-82-71-112(72-83-124)108-61-55-104(56-62-108)103-53-59-107(60-54-103)111-69-80-123(81-70-111)132(118-28-13-7-14-29-118)121-76-45-100(46-77-121)94-137-88-20-18-86-135-92-98-41-37-96(4-2)38-42-98/h3-16,21,23-32,35-84,89-90,130H,1-2,17-20,22,33-34,85-88,91-94H2. The van der Waals surface area contributed by atoms with Crippen LogP contribution in [-0.2, 0) is 45.4 Å². The van der Waals surface area contributed by atoms with Gasteiger partial charge in [0.2, 0.25) is 0 Å². The van der Waals surface area contributed by atoms with Crippen LogP contribution in [0.3, 0.4) is 0 Å². The maximum Gasteiger partial charge on any atom is 0.0716 e. The van der Waals surface area contributed by atoms with Gasteiger partial charge in [-0.25, -0.2) is 0 Å². The van der Waals surface area contributed by atoms with Crippen LogP contribution in [0.5, 0.6) is 0 Å². The summed E-state index contributed by atoms with van der Waals surface area (Å²) in [6.45, 7) is 12.9. The fourth-order valence-electron chi connectivity index (χ4n) is 18.3. The average molecular weight is 1780 g/mol. The normalized spacial score (nSPS) is 11.8. The summed E-state index contributed by atoms with van der Waals surface area (Å²) in [6.07, 6.45) is 10.6. The third kappa shape index (κ3) is 22.8. The SMILES string of the molecule is C=Cc1ccc(COCCCCOCc2ccc(N(c3ccccc3)c3ccc(-c4ccc(-c5ccc(-c6ccc(-c7ccc(C8=C(c9cccc(N(c%10ccccc%10)c%10ccc(-c%11ccc(-c%12ccc(-c%13ccc(N(c%14ccccc%14)c%14ccc(COCCCCOCc%15ccc(C=C)cc%15)cc%14)cc%13)cc%12)cc%11)cc%10)c9)CCC8)cc7Nc7ccccc7)cc6)cc5)cc4)cc3)cc2)cc1. The maximum absolute atomic E-state index is 6.11. The molecule has 18 aromatic rings. The molecular formula is C129H112N4O4. The van der Waals surface area contributed by atoms with Gasteiger partial charge in [0, 0.05) is 94.6 Å². The summed E-state index contributed by atoms with van der Waals surface area (Å²) in [6, 6.07) is 165. The Morgan fingerprint density at radius 1 is 0.219 bits per heavy atom. The molecule has 18 aromatic carbocycles. The number of ether oxygens (including phenoxy) is 4. The van der Waals surface area contributed by atoms with Crippen LogP contribution in [0.25, 0.3) is 101 Å². The number of allylic oxidation sites excluding steroid dienone is 2. The summed E-state index contributed by atoms with van der Waals surface area (Å²) >= 11 is 0. The first kappa shape index (κ1) is 90.4. The lowest BCUT2D eigenvalue weighted by atomic mass is 9.93. The van der Waals surface area contributed by atoms with E-state index in [1.54, 1.807) is 0 Å². The van der Waals surface area contributed by atoms with E-state index in [2.05, 4.69) is 488 Å². The van der Waals surface area contributed by atoms with Gasteiger partial charge in [-0.1, -0.05) is 353 Å².